The van der Waals surface area contributed by atoms with Gasteiger partial charge in [0.2, 0.25) is 0 Å². The van der Waals surface area contributed by atoms with Gasteiger partial charge in [0.15, 0.2) is 6.61 Å². The molecule has 2 aromatic carbocycles. The van der Waals surface area contributed by atoms with Crippen molar-refractivity contribution in [3.05, 3.63) is 71.3 Å². The third-order valence-electron chi connectivity index (χ3n) is 4.23. The number of hydrogen-bond donors (Lipinski definition) is 0. The van der Waals surface area contributed by atoms with Gasteiger partial charge in [0.1, 0.15) is 17.4 Å². The summed E-state index contributed by atoms with van der Waals surface area (Å²) in [6.45, 7) is 3.78. The number of hydrogen-bond acceptors (Lipinski definition) is 5. The average Bonchev–Trinajstić information content (AvgIpc) is 2.74. The summed E-state index contributed by atoms with van der Waals surface area (Å²) in [6.07, 6.45) is 1.41. The van der Waals surface area contributed by atoms with Gasteiger partial charge in [-0.3, -0.25) is 4.79 Å². The average molecular weight is 392 g/mol. The van der Waals surface area contributed by atoms with Crippen molar-refractivity contribution < 1.29 is 19.1 Å². The predicted octanol–water partition coefficient (Wildman–Crippen LogP) is 3.58. The van der Waals surface area contributed by atoms with Crippen molar-refractivity contribution in [3.63, 3.8) is 0 Å². The van der Waals surface area contributed by atoms with E-state index in [1.54, 1.807) is 36.3 Å². The van der Waals surface area contributed by atoms with E-state index in [0.717, 1.165) is 5.56 Å². The van der Waals surface area contributed by atoms with Crippen molar-refractivity contribution in [2.75, 3.05) is 13.7 Å². The summed E-state index contributed by atoms with van der Waals surface area (Å²) in [5, 5.41) is 9.28. The molecule has 0 saturated carbocycles. The fraction of sp³-hybridized carbons (Fsp3) is 0.261. The molecule has 0 radical (unpaired) electrons. The summed E-state index contributed by atoms with van der Waals surface area (Å²) >= 11 is 0. The van der Waals surface area contributed by atoms with Crippen LogP contribution in [0.4, 0.5) is 0 Å². The second-order valence-electron chi connectivity index (χ2n) is 6.62. The number of carbonyl (C=O) groups excluding carboxylic acids is 2. The van der Waals surface area contributed by atoms with Crippen molar-refractivity contribution in [3.8, 4) is 11.8 Å². The van der Waals surface area contributed by atoms with E-state index in [1.807, 2.05) is 50.2 Å². The summed E-state index contributed by atoms with van der Waals surface area (Å²) in [6, 6.07) is 18.2. The normalized spacial score (nSPS) is 10.9. The molecule has 0 saturated heterocycles. The Morgan fingerprint density at radius 3 is 2.31 bits per heavy atom. The van der Waals surface area contributed by atoms with Gasteiger partial charge in [-0.25, -0.2) is 4.79 Å². The SMILES string of the molecule is COc1ccc(/C=C(\C#N)C(=O)OCC(=O)N(Cc2ccccc2)C(C)C)cc1. The molecule has 2 aromatic rings. The van der Waals surface area contributed by atoms with Gasteiger partial charge in [-0.05, 0) is 43.2 Å². The minimum atomic E-state index is -0.833. The molecule has 6 heteroatoms. The van der Waals surface area contributed by atoms with E-state index in [-0.39, 0.29) is 17.5 Å². The Kier molecular flexibility index (Phi) is 7.99. The number of ether oxygens (including phenoxy) is 2. The first kappa shape index (κ1) is 21.7. The van der Waals surface area contributed by atoms with Crippen LogP contribution in [0.1, 0.15) is 25.0 Å². The number of esters is 1. The molecule has 0 aliphatic rings. The Morgan fingerprint density at radius 2 is 1.76 bits per heavy atom. The van der Waals surface area contributed by atoms with E-state index >= 15 is 0 Å². The highest BCUT2D eigenvalue weighted by molar-refractivity contribution is 5.98. The van der Waals surface area contributed by atoms with Crippen LogP contribution in [0.3, 0.4) is 0 Å². The molecule has 2 rings (SSSR count). The number of amides is 1. The van der Waals surface area contributed by atoms with Gasteiger partial charge in [0.25, 0.3) is 5.91 Å². The minimum Gasteiger partial charge on any atom is -0.497 e. The third-order valence-corrected chi connectivity index (χ3v) is 4.23. The lowest BCUT2D eigenvalue weighted by atomic mass is 10.1. The van der Waals surface area contributed by atoms with Crippen LogP contribution in [0.25, 0.3) is 6.08 Å². The quantitative estimate of drug-likeness (QED) is 0.390. The van der Waals surface area contributed by atoms with E-state index < -0.39 is 12.6 Å². The molecule has 0 aromatic heterocycles. The molecule has 0 aliphatic carbocycles. The fourth-order valence-electron chi connectivity index (χ4n) is 2.63. The highest BCUT2D eigenvalue weighted by atomic mass is 16.5. The summed E-state index contributed by atoms with van der Waals surface area (Å²) < 4.78 is 10.2. The Hall–Kier alpha value is -3.59. The Labute approximate surface area is 171 Å². The second kappa shape index (κ2) is 10.7. The summed E-state index contributed by atoms with van der Waals surface area (Å²) in [4.78, 5) is 26.4. The van der Waals surface area contributed by atoms with Crippen LogP contribution in [-0.4, -0.2) is 36.5 Å². The summed E-state index contributed by atoms with van der Waals surface area (Å²) in [7, 11) is 1.55. The van der Waals surface area contributed by atoms with Crippen LogP contribution in [-0.2, 0) is 20.9 Å². The number of benzene rings is 2. The zero-order valence-electron chi connectivity index (χ0n) is 16.8. The van der Waals surface area contributed by atoms with Gasteiger partial charge in [0, 0.05) is 12.6 Å². The molecule has 150 valence electrons. The van der Waals surface area contributed by atoms with Crippen molar-refractivity contribution in [1.29, 1.82) is 5.26 Å². The van der Waals surface area contributed by atoms with E-state index in [4.69, 9.17) is 9.47 Å². The van der Waals surface area contributed by atoms with E-state index in [0.29, 0.717) is 17.9 Å². The lowest BCUT2D eigenvalue weighted by molar-refractivity contribution is -0.149. The van der Waals surface area contributed by atoms with Gasteiger partial charge < -0.3 is 14.4 Å². The van der Waals surface area contributed by atoms with Crippen molar-refractivity contribution in [2.45, 2.75) is 26.4 Å². The molecule has 0 spiro atoms. The Balaban J connectivity index is 2.01. The highest BCUT2D eigenvalue weighted by Crippen LogP contribution is 2.15. The van der Waals surface area contributed by atoms with Crippen LogP contribution in [0.15, 0.2) is 60.2 Å². The molecule has 0 N–H and O–H groups in total. The molecule has 0 fully saturated rings. The second-order valence-corrected chi connectivity index (χ2v) is 6.62. The molecule has 0 bridgehead atoms. The van der Waals surface area contributed by atoms with Crippen molar-refractivity contribution in [2.24, 2.45) is 0 Å². The minimum absolute atomic E-state index is 0.0633. The van der Waals surface area contributed by atoms with Crippen LogP contribution in [0.5, 0.6) is 5.75 Å². The van der Waals surface area contributed by atoms with Crippen molar-refractivity contribution in [1.82, 2.24) is 4.90 Å². The van der Waals surface area contributed by atoms with E-state index in [9.17, 15) is 14.9 Å². The zero-order valence-corrected chi connectivity index (χ0v) is 16.8. The van der Waals surface area contributed by atoms with Gasteiger partial charge in [-0.15, -0.1) is 0 Å². The zero-order chi connectivity index (χ0) is 21.2. The molecule has 6 nitrogen and oxygen atoms in total. The number of nitriles is 1. The number of carbonyl (C=O) groups is 2. The lowest BCUT2D eigenvalue weighted by Gasteiger charge is -2.26. The first-order valence-electron chi connectivity index (χ1n) is 9.21. The van der Waals surface area contributed by atoms with Crippen LogP contribution >= 0.6 is 0 Å². The molecule has 0 atom stereocenters. The Morgan fingerprint density at radius 1 is 1.10 bits per heavy atom. The maximum absolute atomic E-state index is 12.6. The maximum atomic E-state index is 12.6. The number of methoxy groups -OCH3 is 1. The predicted molar refractivity (Wildman–Crippen MR) is 110 cm³/mol. The van der Waals surface area contributed by atoms with Gasteiger partial charge in [0.05, 0.1) is 7.11 Å². The largest absolute Gasteiger partial charge is 0.497 e. The van der Waals surface area contributed by atoms with Crippen LogP contribution in [0.2, 0.25) is 0 Å². The molecule has 0 aliphatic heterocycles. The fourth-order valence-corrected chi connectivity index (χ4v) is 2.63. The van der Waals surface area contributed by atoms with Crippen LogP contribution < -0.4 is 4.74 Å². The summed E-state index contributed by atoms with van der Waals surface area (Å²) in [5.41, 5.74) is 1.46. The lowest BCUT2D eigenvalue weighted by Crippen LogP contribution is -2.39. The monoisotopic (exact) mass is 392 g/mol. The first-order chi connectivity index (χ1) is 13.9. The van der Waals surface area contributed by atoms with Gasteiger partial charge in [-0.2, -0.15) is 5.26 Å². The standard InChI is InChI=1S/C23H24N2O4/c1-17(2)25(15-19-7-5-4-6-8-19)22(26)16-29-23(27)20(14-24)13-18-9-11-21(28-3)12-10-18/h4-13,17H,15-16H2,1-3H3/b20-13+. The molecular formula is C23H24N2O4. The number of rotatable bonds is 8. The summed E-state index contributed by atoms with van der Waals surface area (Å²) in [5.74, 6) is -0.486. The highest BCUT2D eigenvalue weighted by Gasteiger charge is 2.20. The van der Waals surface area contributed by atoms with Crippen LogP contribution in [0, 0.1) is 11.3 Å². The molecule has 1 amide bonds. The Bertz CT molecular complexity index is 897. The maximum Gasteiger partial charge on any atom is 0.349 e. The molecule has 0 unspecified atom stereocenters. The smallest absolute Gasteiger partial charge is 0.349 e. The number of nitrogens with zero attached hydrogens (tertiary/aromatic N) is 2. The first-order valence-corrected chi connectivity index (χ1v) is 9.21. The molecule has 29 heavy (non-hydrogen) atoms. The molecular weight excluding hydrogens is 368 g/mol. The van der Waals surface area contributed by atoms with Gasteiger partial charge >= 0.3 is 5.97 Å². The van der Waals surface area contributed by atoms with E-state index in [1.165, 1.54) is 6.08 Å². The van der Waals surface area contributed by atoms with E-state index in [2.05, 4.69) is 0 Å². The third kappa shape index (κ3) is 6.51. The molecule has 0 heterocycles. The topological polar surface area (TPSA) is 79.6 Å². The van der Waals surface area contributed by atoms with Gasteiger partial charge in [-0.1, -0.05) is 42.5 Å². The van der Waals surface area contributed by atoms with Crippen molar-refractivity contribution >= 4 is 18.0 Å².